The Morgan fingerprint density at radius 2 is 1.83 bits per heavy atom. The summed E-state index contributed by atoms with van der Waals surface area (Å²) in [5.74, 6) is -0.104. The predicted octanol–water partition coefficient (Wildman–Crippen LogP) is 7.49. The molecule has 0 radical (unpaired) electrons. The first-order chi connectivity index (χ1) is 19.7. The maximum atomic E-state index is 12.0. The van der Waals surface area contributed by atoms with Crippen molar-refractivity contribution in [3.05, 3.63) is 88.6 Å². The minimum absolute atomic E-state index is 0.140. The van der Waals surface area contributed by atoms with Gasteiger partial charge in [0.1, 0.15) is 17.1 Å². The van der Waals surface area contributed by atoms with E-state index in [0.29, 0.717) is 16.9 Å². The number of rotatable bonds is 7. The van der Waals surface area contributed by atoms with Gasteiger partial charge in [0.05, 0.1) is 11.7 Å². The number of anilines is 1. The van der Waals surface area contributed by atoms with Gasteiger partial charge in [-0.05, 0) is 78.3 Å². The van der Waals surface area contributed by atoms with E-state index in [9.17, 15) is 9.90 Å². The van der Waals surface area contributed by atoms with E-state index in [1.54, 1.807) is 12.3 Å². The third-order valence-electron chi connectivity index (χ3n) is 8.37. The van der Waals surface area contributed by atoms with E-state index in [-0.39, 0.29) is 5.56 Å². The topological polar surface area (TPSA) is 81.7 Å². The lowest BCUT2D eigenvalue weighted by atomic mass is 9.72. The molecule has 1 aromatic heterocycles. The Hall–Kier alpha value is -3.81. The number of aromatic nitrogens is 2. The summed E-state index contributed by atoms with van der Waals surface area (Å²) in [6.07, 6.45) is 5.12. The van der Waals surface area contributed by atoms with Gasteiger partial charge in [-0.1, -0.05) is 43.2 Å². The number of nitrogens with zero attached hydrogens (tertiary/aromatic N) is 3. The zero-order chi connectivity index (χ0) is 28.6. The summed E-state index contributed by atoms with van der Waals surface area (Å²) >= 11 is 6.18. The Bertz CT molecular complexity index is 1600. The molecule has 2 heterocycles. The summed E-state index contributed by atoms with van der Waals surface area (Å²) < 4.78 is 6.11. The van der Waals surface area contributed by atoms with Crippen molar-refractivity contribution in [1.29, 1.82) is 0 Å². The number of allylic oxidation sites excluding steroid dienone is 1. The number of carboxylic acid groups (broad SMARTS) is 1. The second kappa shape index (κ2) is 11.2. The normalized spacial score (nSPS) is 17.7. The van der Waals surface area contributed by atoms with Gasteiger partial charge in [-0.25, -0.2) is 4.79 Å². The maximum absolute atomic E-state index is 12.0. The third-order valence-corrected chi connectivity index (χ3v) is 8.62. The van der Waals surface area contributed by atoms with Crippen molar-refractivity contribution in [3.63, 3.8) is 0 Å². The molecule has 7 nitrogen and oxygen atoms in total. The average molecular weight is 571 g/mol. The van der Waals surface area contributed by atoms with E-state index < -0.39 is 5.97 Å². The van der Waals surface area contributed by atoms with E-state index >= 15 is 0 Å². The van der Waals surface area contributed by atoms with Crippen LogP contribution in [0.4, 0.5) is 5.69 Å². The number of halogens is 1. The van der Waals surface area contributed by atoms with Crippen LogP contribution in [-0.4, -0.2) is 58.9 Å². The van der Waals surface area contributed by atoms with Crippen LogP contribution < -0.4 is 9.64 Å². The number of H-pyrrole nitrogens is 1. The average Bonchev–Trinajstić information content (AvgIpc) is 3.43. The molecule has 2 aliphatic rings. The zero-order valence-electron chi connectivity index (χ0n) is 23.5. The van der Waals surface area contributed by atoms with Crippen LogP contribution in [0.15, 0.2) is 72.4 Å². The minimum atomic E-state index is -1.01. The van der Waals surface area contributed by atoms with Gasteiger partial charge in [0.25, 0.3) is 0 Å². The number of nitrogens with one attached hydrogen (secondary N) is 1. The lowest BCUT2D eigenvalue weighted by Gasteiger charge is -2.39. The highest BCUT2D eigenvalue weighted by Crippen LogP contribution is 2.43. The molecule has 0 amide bonds. The summed E-state index contributed by atoms with van der Waals surface area (Å²) in [5, 5.41) is 18.4. The van der Waals surface area contributed by atoms with Crippen LogP contribution in [0.2, 0.25) is 5.02 Å². The first-order valence-electron chi connectivity index (χ1n) is 14.2. The van der Waals surface area contributed by atoms with Crippen LogP contribution in [0.5, 0.6) is 11.5 Å². The molecule has 0 bridgehead atoms. The molecule has 1 aliphatic carbocycles. The van der Waals surface area contributed by atoms with Crippen molar-refractivity contribution < 1.29 is 14.6 Å². The van der Waals surface area contributed by atoms with Gasteiger partial charge in [0.15, 0.2) is 0 Å². The first-order valence-corrected chi connectivity index (χ1v) is 14.5. The Balaban J connectivity index is 1.17. The Kier molecular flexibility index (Phi) is 7.49. The molecule has 6 rings (SSSR count). The van der Waals surface area contributed by atoms with Crippen molar-refractivity contribution >= 4 is 39.7 Å². The number of piperazine rings is 1. The fourth-order valence-electron chi connectivity index (χ4n) is 5.98. The van der Waals surface area contributed by atoms with Crippen molar-refractivity contribution in [1.82, 2.24) is 15.1 Å². The van der Waals surface area contributed by atoms with Crippen LogP contribution in [-0.2, 0) is 0 Å². The molecule has 2 N–H and O–H groups in total. The SMILES string of the molecule is CC1(C)CCC(CN2CCN(c3ccc(C(=O)O)c(Oc4ccc5[nH]ncc5c4)c3)CC2)=C(c2ccc(Cl)cc2)C1. The third kappa shape index (κ3) is 6.11. The van der Waals surface area contributed by atoms with Crippen molar-refractivity contribution in [3.8, 4) is 11.5 Å². The van der Waals surface area contributed by atoms with Crippen LogP contribution >= 0.6 is 11.6 Å². The fraction of sp³-hybridized carbons (Fsp3) is 0.333. The molecule has 1 saturated heterocycles. The number of fused-ring (bicyclic) bond motifs is 1. The number of aromatic amines is 1. The van der Waals surface area contributed by atoms with Crippen LogP contribution in [0.3, 0.4) is 0 Å². The van der Waals surface area contributed by atoms with Crippen LogP contribution in [0.25, 0.3) is 16.5 Å². The number of hydrogen-bond donors (Lipinski definition) is 2. The van der Waals surface area contributed by atoms with Crippen molar-refractivity contribution in [2.75, 3.05) is 37.6 Å². The fourth-order valence-corrected chi connectivity index (χ4v) is 6.10. The van der Waals surface area contributed by atoms with Crippen LogP contribution in [0.1, 0.15) is 49.0 Å². The highest BCUT2D eigenvalue weighted by molar-refractivity contribution is 6.30. The molecule has 4 aromatic rings. The monoisotopic (exact) mass is 570 g/mol. The van der Waals surface area contributed by atoms with Crippen molar-refractivity contribution in [2.45, 2.75) is 33.1 Å². The number of hydrogen-bond acceptors (Lipinski definition) is 5. The van der Waals surface area contributed by atoms with Crippen LogP contribution in [0, 0.1) is 5.41 Å². The largest absolute Gasteiger partial charge is 0.478 e. The van der Waals surface area contributed by atoms with E-state index in [1.165, 1.54) is 23.1 Å². The smallest absolute Gasteiger partial charge is 0.339 e. The van der Waals surface area contributed by atoms with Crippen molar-refractivity contribution in [2.24, 2.45) is 5.41 Å². The number of aromatic carboxylic acids is 1. The van der Waals surface area contributed by atoms with E-state index in [0.717, 1.165) is 67.2 Å². The molecule has 0 spiro atoms. The van der Waals surface area contributed by atoms with E-state index in [2.05, 4.69) is 46.0 Å². The second-order valence-corrected chi connectivity index (χ2v) is 12.3. The maximum Gasteiger partial charge on any atom is 0.339 e. The number of carboxylic acids is 1. The molecule has 41 heavy (non-hydrogen) atoms. The van der Waals surface area contributed by atoms with Gasteiger partial charge >= 0.3 is 5.97 Å². The summed E-state index contributed by atoms with van der Waals surface area (Å²) in [6.45, 7) is 9.31. The van der Waals surface area contributed by atoms with Gasteiger partial charge in [-0.2, -0.15) is 5.10 Å². The summed E-state index contributed by atoms with van der Waals surface area (Å²) in [5.41, 5.74) is 6.60. The predicted molar refractivity (Wildman–Crippen MR) is 164 cm³/mol. The standard InChI is InChI=1S/C33H35ClN4O3/c1-33(2)12-11-23(29(19-33)22-3-5-25(34)6-4-22)21-37-13-15-38(16-14-37)26-7-9-28(32(39)40)31(18-26)41-27-8-10-30-24(17-27)20-35-36-30/h3-10,17-18,20H,11-16,19,21H2,1-2H3,(H,35,36)(H,39,40). The quantitative estimate of drug-likeness (QED) is 0.239. The van der Waals surface area contributed by atoms with E-state index in [4.69, 9.17) is 16.3 Å². The molecule has 0 atom stereocenters. The van der Waals surface area contributed by atoms with E-state index in [1.807, 2.05) is 42.5 Å². The number of ether oxygens (including phenoxy) is 1. The molecule has 3 aromatic carbocycles. The molecule has 0 unspecified atom stereocenters. The highest BCUT2D eigenvalue weighted by atomic mass is 35.5. The summed E-state index contributed by atoms with van der Waals surface area (Å²) in [6, 6.07) is 19.2. The number of benzene rings is 3. The highest BCUT2D eigenvalue weighted by Gasteiger charge is 2.29. The Morgan fingerprint density at radius 3 is 2.59 bits per heavy atom. The van der Waals surface area contributed by atoms with Gasteiger partial charge in [0.2, 0.25) is 0 Å². The minimum Gasteiger partial charge on any atom is -0.478 e. The summed E-state index contributed by atoms with van der Waals surface area (Å²) in [4.78, 5) is 16.8. The Morgan fingerprint density at radius 1 is 1.05 bits per heavy atom. The molecule has 1 aliphatic heterocycles. The van der Waals surface area contributed by atoms with Gasteiger partial charge in [-0.3, -0.25) is 10.00 Å². The van der Waals surface area contributed by atoms with Gasteiger partial charge in [-0.15, -0.1) is 0 Å². The lowest BCUT2D eigenvalue weighted by molar-refractivity contribution is 0.0694. The number of carbonyl (C=O) groups is 1. The molecule has 1 fully saturated rings. The Labute approximate surface area is 245 Å². The van der Waals surface area contributed by atoms with Gasteiger partial charge < -0.3 is 14.7 Å². The van der Waals surface area contributed by atoms with Gasteiger partial charge in [0, 0.05) is 54.9 Å². The second-order valence-electron chi connectivity index (χ2n) is 11.9. The molecule has 8 heteroatoms. The molecular weight excluding hydrogens is 536 g/mol. The zero-order valence-corrected chi connectivity index (χ0v) is 24.2. The molecular formula is C33H35ClN4O3. The summed E-state index contributed by atoms with van der Waals surface area (Å²) in [7, 11) is 0. The first kappa shape index (κ1) is 27.4. The lowest BCUT2D eigenvalue weighted by Crippen LogP contribution is -2.47. The molecule has 0 saturated carbocycles. The molecule has 212 valence electrons.